The summed E-state index contributed by atoms with van der Waals surface area (Å²) in [6.45, 7) is 0.687. The van der Waals surface area contributed by atoms with Crippen LogP contribution in [0.25, 0.3) is 0 Å². The molecule has 154 valence electrons. The van der Waals surface area contributed by atoms with Crippen LogP contribution in [0.5, 0.6) is 5.75 Å². The Hall–Kier alpha value is -1.46. The van der Waals surface area contributed by atoms with Crippen LogP contribution in [0.3, 0.4) is 0 Å². The monoisotopic (exact) mass is 408 g/mol. The molecule has 0 bridgehead atoms. The molecule has 4 rings (SSSR count). The fraction of sp³-hybridized carbons (Fsp3) is 0.682. The third kappa shape index (κ3) is 3.59. The van der Waals surface area contributed by atoms with Crippen LogP contribution in [0.2, 0.25) is 5.02 Å². The Morgan fingerprint density at radius 3 is 2.18 bits per heavy atom. The number of halogens is 1. The molecule has 1 heterocycles. The van der Waals surface area contributed by atoms with Gasteiger partial charge in [0.05, 0.1) is 0 Å². The van der Waals surface area contributed by atoms with E-state index in [1.807, 2.05) is 19.1 Å². The van der Waals surface area contributed by atoms with Crippen molar-refractivity contribution in [3.05, 3.63) is 28.3 Å². The summed E-state index contributed by atoms with van der Waals surface area (Å²) in [6, 6.07) is 3.89. The molecule has 6 heteroatoms. The molecule has 1 aromatic rings. The number of fused-ring (bicyclic) bond motifs is 1. The molecule has 2 aliphatic carbocycles. The van der Waals surface area contributed by atoms with Gasteiger partial charge >= 0.3 is 12.6 Å². The molecule has 0 aromatic heterocycles. The minimum atomic E-state index is -1.39. The highest BCUT2D eigenvalue weighted by Crippen LogP contribution is 2.56. The smallest absolute Gasteiger partial charge is 0.450 e. The Balaban J connectivity index is 1.85. The van der Waals surface area contributed by atoms with Gasteiger partial charge < -0.3 is 14.6 Å². The van der Waals surface area contributed by atoms with Crippen molar-refractivity contribution in [2.24, 2.45) is 11.8 Å². The summed E-state index contributed by atoms with van der Waals surface area (Å²) in [4.78, 5) is 11.3. The SMILES string of the molecule is Cc1cc2c(cc1Cl)C(C1CCCCC1)(C1CCCCC1)OC(OC(=O)O)O2. The molecular weight excluding hydrogens is 380 g/mol. The number of carbonyl (C=O) groups is 1. The van der Waals surface area contributed by atoms with Crippen molar-refractivity contribution in [2.45, 2.75) is 83.2 Å². The van der Waals surface area contributed by atoms with Crippen LogP contribution in [-0.2, 0) is 15.1 Å². The Bertz CT molecular complexity index is 704. The van der Waals surface area contributed by atoms with Crippen molar-refractivity contribution in [1.82, 2.24) is 0 Å². The van der Waals surface area contributed by atoms with Crippen molar-refractivity contribution < 1.29 is 24.1 Å². The van der Waals surface area contributed by atoms with E-state index in [0.717, 1.165) is 36.8 Å². The molecule has 2 fully saturated rings. The number of ether oxygens (including phenoxy) is 3. The summed E-state index contributed by atoms with van der Waals surface area (Å²) in [6.07, 6.45) is 10.1. The van der Waals surface area contributed by atoms with E-state index in [1.165, 1.54) is 38.5 Å². The first-order valence-corrected chi connectivity index (χ1v) is 10.9. The summed E-state index contributed by atoms with van der Waals surface area (Å²) >= 11 is 6.54. The fourth-order valence-corrected chi connectivity index (χ4v) is 5.73. The Morgan fingerprint density at radius 1 is 1.07 bits per heavy atom. The minimum absolute atomic E-state index is 0.311. The lowest BCUT2D eigenvalue weighted by molar-refractivity contribution is -0.324. The third-order valence-electron chi connectivity index (χ3n) is 6.82. The molecule has 28 heavy (non-hydrogen) atoms. The van der Waals surface area contributed by atoms with E-state index in [1.54, 1.807) is 0 Å². The Kier molecular flexibility index (Phi) is 5.75. The maximum absolute atomic E-state index is 11.3. The van der Waals surface area contributed by atoms with Crippen molar-refractivity contribution in [2.75, 3.05) is 0 Å². The molecule has 1 atom stereocenters. The molecule has 3 aliphatic rings. The zero-order valence-corrected chi connectivity index (χ0v) is 17.2. The molecule has 0 radical (unpaired) electrons. The van der Waals surface area contributed by atoms with Crippen molar-refractivity contribution >= 4 is 17.8 Å². The lowest BCUT2D eigenvalue weighted by Crippen LogP contribution is -2.53. The predicted molar refractivity (Wildman–Crippen MR) is 106 cm³/mol. The van der Waals surface area contributed by atoms with Crippen LogP contribution in [-0.4, -0.2) is 17.7 Å². The lowest BCUT2D eigenvalue weighted by Gasteiger charge is -2.52. The second-order valence-electron chi connectivity index (χ2n) is 8.47. The van der Waals surface area contributed by atoms with Gasteiger partial charge in [0.15, 0.2) is 0 Å². The van der Waals surface area contributed by atoms with Gasteiger partial charge in [0.2, 0.25) is 0 Å². The van der Waals surface area contributed by atoms with Gasteiger partial charge in [-0.3, -0.25) is 4.74 Å². The molecule has 0 amide bonds. The van der Waals surface area contributed by atoms with Gasteiger partial charge in [-0.05, 0) is 62.1 Å². The first-order chi connectivity index (χ1) is 13.5. The maximum atomic E-state index is 11.3. The Morgan fingerprint density at radius 2 is 1.64 bits per heavy atom. The van der Waals surface area contributed by atoms with Gasteiger partial charge in [-0.2, -0.15) is 0 Å². The molecular formula is C22H29ClO5. The highest BCUT2D eigenvalue weighted by atomic mass is 35.5. The predicted octanol–water partition coefficient (Wildman–Crippen LogP) is 6.39. The number of benzene rings is 1. The molecule has 1 aromatic carbocycles. The lowest BCUT2D eigenvalue weighted by atomic mass is 9.63. The summed E-state index contributed by atoms with van der Waals surface area (Å²) < 4.78 is 17.3. The van der Waals surface area contributed by atoms with Crippen LogP contribution in [0, 0.1) is 18.8 Å². The van der Waals surface area contributed by atoms with E-state index in [0.29, 0.717) is 22.6 Å². The van der Waals surface area contributed by atoms with Crippen LogP contribution < -0.4 is 4.74 Å². The highest BCUT2D eigenvalue weighted by Gasteiger charge is 2.54. The zero-order chi connectivity index (χ0) is 19.7. The van der Waals surface area contributed by atoms with Crippen molar-refractivity contribution in [1.29, 1.82) is 0 Å². The van der Waals surface area contributed by atoms with Gasteiger partial charge in [0.25, 0.3) is 0 Å². The fourth-order valence-electron chi connectivity index (χ4n) is 5.57. The molecule has 1 unspecified atom stereocenters. The van der Waals surface area contributed by atoms with Gasteiger partial charge in [0.1, 0.15) is 11.4 Å². The van der Waals surface area contributed by atoms with Crippen LogP contribution in [0.15, 0.2) is 12.1 Å². The second kappa shape index (κ2) is 8.11. The number of rotatable bonds is 3. The maximum Gasteiger partial charge on any atom is 0.510 e. The van der Waals surface area contributed by atoms with Gasteiger partial charge in [-0.25, -0.2) is 4.79 Å². The zero-order valence-electron chi connectivity index (χ0n) is 16.4. The first kappa shape index (κ1) is 19.8. The number of hydrogen-bond acceptors (Lipinski definition) is 4. The number of aryl methyl sites for hydroxylation is 1. The Labute approximate surface area is 171 Å². The highest BCUT2D eigenvalue weighted by molar-refractivity contribution is 6.31. The van der Waals surface area contributed by atoms with E-state index in [2.05, 4.69) is 0 Å². The first-order valence-electron chi connectivity index (χ1n) is 10.6. The van der Waals surface area contributed by atoms with Gasteiger partial charge in [-0.1, -0.05) is 50.1 Å². The average molecular weight is 409 g/mol. The van der Waals surface area contributed by atoms with E-state index in [-0.39, 0.29) is 0 Å². The third-order valence-corrected chi connectivity index (χ3v) is 7.22. The minimum Gasteiger partial charge on any atom is -0.450 e. The summed E-state index contributed by atoms with van der Waals surface area (Å²) in [7, 11) is 0. The molecule has 2 saturated carbocycles. The standard InChI is InChI=1S/C22H29ClO5/c1-14-12-19-17(13-18(14)23)22(15-8-4-2-5-9-15,16-10-6-3-7-11-16)28-21(26-19)27-20(24)25/h12-13,15-16,21H,2-11H2,1H3,(H,24,25). The van der Waals surface area contributed by atoms with E-state index in [9.17, 15) is 9.90 Å². The topological polar surface area (TPSA) is 65.0 Å². The molecule has 1 N–H and O–H groups in total. The normalized spacial score (nSPS) is 25.6. The largest absolute Gasteiger partial charge is 0.510 e. The average Bonchev–Trinajstić information content (AvgIpc) is 2.69. The van der Waals surface area contributed by atoms with Gasteiger partial charge in [-0.15, -0.1) is 0 Å². The van der Waals surface area contributed by atoms with Crippen LogP contribution in [0.4, 0.5) is 4.79 Å². The van der Waals surface area contributed by atoms with Gasteiger partial charge in [0, 0.05) is 10.6 Å². The van der Waals surface area contributed by atoms with E-state index < -0.39 is 18.2 Å². The molecule has 0 spiro atoms. The molecule has 5 nitrogen and oxygen atoms in total. The van der Waals surface area contributed by atoms with Crippen LogP contribution >= 0.6 is 11.6 Å². The summed E-state index contributed by atoms with van der Waals surface area (Å²) in [5.74, 6) is 1.27. The van der Waals surface area contributed by atoms with Crippen molar-refractivity contribution in [3.63, 3.8) is 0 Å². The van der Waals surface area contributed by atoms with E-state index >= 15 is 0 Å². The van der Waals surface area contributed by atoms with Crippen LogP contribution in [0.1, 0.15) is 75.3 Å². The number of carboxylic acid groups (broad SMARTS) is 1. The quantitative estimate of drug-likeness (QED) is 0.587. The number of hydrogen-bond donors (Lipinski definition) is 1. The molecule has 0 saturated heterocycles. The van der Waals surface area contributed by atoms with Crippen molar-refractivity contribution in [3.8, 4) is 5.75 Å². The second-order valence-corrected chi connectivity index (χ2v) is 8.88. The summed E-state index contributed by atoms with van der Waals surface area (Å²) in [5, 5.41) is 9.89. The van der Waals surface area contributed by atoms with E-state index in [4.69, 9.17) is 25.8 Å². The molecule has 1 aliphatic heterocycles. The summed E-state index contributed by atoms with van der Waals surface area (Å²) in [5.41, 5.74) is 1.27.